The average molecular weight is 312 g/mol. The van der Waals surface area contributed by atoms with Crippen LogP contribution in [0.1, 0.15) is 45.1 Å². The molecule has 1 atom stereocenters. The van der Waals surface area contributed by atoms with E-state index in [4.69, 9.17) is 5.73 Å². The summed E-state index contributed by atoms with van der Waals surface area (Å²) >= 11 is 0. The number of Topliss-reactive ketones (excluding diaryl/α,β-unsaturated/α-hetero) is 2. The molecule has 0 aromatic heterocycles. The molecule has 0 amide bonds. The van der Waals surface area contributed by atoms with Gasteiger partial charge in [-0.1, -0.05) is 13.8 Å². The van der Waals surface area contributed by atoms with Crippen molar-refractivity contribution in [3.8, 4) is 0 Å². The van der Waals surface area contributed by atoms with Gasteiger partial charge in [0.25, 0.3) is 0 Å². The normalized spacial score (nSPS) is 27.9. The Labute approximate surface area is 137 Å². The molecule has 4 heteroatoms. The number of benzene rings is 1. The summed E-state index contributed by atoms with van der Waals surface area (Å²) in [5.74, 6) is 0.285. The molecule has 1 aromatic rings. The molecule has 0 radical (unpaired) electrons. The Bertz CT molecular complexity index is 687. The zero-order valence-electron chi connectivity index (χ0n) is 13.9. The average Bonchev–Trinajstić information content (AvgIpc) is 2.93. The first-order chi connectivity index (χ1) is 10.8. The van der Waals surface area contributed by atoms with Gasteiger partial charge < -0.3 is 10.6 Å². The quantitative estimate of drug-likeness (QED) is 0.591. The highest BCUT2D eigenvalue weighted by molar-refractivity contribution is 6.11. The van der Waals surface area contributed by atoms with Crippen LogP contribution in [0.2, 0.25) is 0 Å². The molecule has 1 aromatic carbocycles. The molecule has 1 spiro atoms. The Kier molecular flexibility index (Phi) is 2.94. The summed E-state index contributed by atoms with van der Waals surface area (Å²) < 4.78 is 0. The molecule has 4 nitrogen and oxygen atoms in total. The highest BCUT2D eigenvalue weighted by atomic mass is 16.2. The number of carbonyl (C=O) groups is 2. The first-order valence-electron chi connectivity index (χ1n) is 8.55. The van der Waals surface area contributed by atoms with E-state index in [0.717, 1.165) is 30.6 Å². The third kappa shape index (κ3) is 1.97. The van der Waals surface area contributed by atoms with E-state index in [1.54, 1.807) is 0 Å². The zero-order valence-corrected chi connectivity index (χ0v) is 13.9. The van der Waals surface area contributed by atoms with E-state index in [0.29, 0.717) is 24.9 Å². The van der Waals surface area contributed by atoms with Gasteiger partial charge in [-0.05, 0) is 48.4 Å². The monoisotopic (exact) mass is 312 g/mol. The number of hydrogen-bond donors (Lipinski definition) is 1. The highest BCUT2D eigenvalue weighted by Gasteiger charge is 2.60. The lowest BCUT2D eigenvalue weighted by Crippen LogP contribution is -2.61. The number of nitrogens with zero attached hydrogens (tertiary/aromatic N) is 1. The number of carbonyl (C=O) groups excluding carboxylic acids is 2. The smallest absolute Gasteiger partial charge is 0.149 e. The van der Waals surface area contributed by atoms with Crippen LogP contribution < -0.4 is 10.6 Å². The zero-order chi connectivity index (χ0) is 16.4. The maximum atomic E-state index is 13.2. The summed E-state index contributed by atoms with van der Waals surface area (Å²) in [7, 11) is 0. The van der Waals surface area contributed by atoms with Gasteiger partial charge in [0.2, 0.25) is 0 Å². The van der Waals surface area contributed by atoms with Gasteiger partial charge in [0, 0.05) is 36.8 Å². The second-order valence-electron chi connectivity index (χ2n) is 8.25. The van der Waals surface area contributed by atoms with Crippen LogP contribution in [0.3, 0.4) is 0 Å². The van der Waals surface area contributed by atoms with E-state index in [1.807, 2.05) is 26.0 Å². The fraction of sp³-hybridized carbons (Fsp3) is 0.579. The van der Waals surface area contributed by atoms with Crippen molar-refractivity contribution >= 4 is 22.9 Å². The van der Waals surface area contributed by atoms with Crippen LogP contribution in [0.25, 0.3) is 0 Å². The molecule has 1 saturated carbocycles. The van der Waals surface area contributed by atoms with Gasteiger partial charge >= 0.3 is 0 Å². The van der Waals surface area contributed by atoms with E-state index in [1.165, 1.54) is 0 Å². The molecule has 3 aliphatic rings. The summed E-state index contributed by atoms with van der Waals surface area (Å²) in [4.78, 5) is 28.6. The molecule has 23 heavy (non-hydrogen) atoms. The molecule has 2 N–H and O–H groups in total. The standard InChI is InChI=1S/C19H24N2O2/c1-18(2)10-16(22)19(17(23)11-18)9-12-8-13(20)5-6-14(12)21-7-3-4-15(19)21/h5-6,8,15H,3-4,7,9-11,20H2,1-2H3/t15-/m0/s1. The summed E-state index contributed by atoms with van der Waals surface area (Å²) in [6.07, 6.45) is 3.51. The van der Waals surface area contributed by atoms with Crippen molar-refractivity contribution in [3.63, 3.8) is 0 Å². The molecule has 1 aliphatic carbocycles. The number of ketones is 2. The highest BCUT2D eigenvalue weighted by Crippen LogP contribution is 2.52. The lowest BCUT2D eigenvalue weighted by atomic mass is 9.56. The van der Waals surface area contributed by atoms with E-state index in [9.17, 15) is 9.59 Å². The second-order valence-corrected chi connectivity index (χ2v) is 8.25. The fourth-order valence-corrected chi connectivity index (χ4v) is 4.98. The van der Waals surface area contributed by atoms with E-state index < -0.39 is 5.41 Å². The third-order valence-corrected chi connectivity index (χ3v) is 5.98. The second kappa shape index (κ2) is 4.59. The summed E-state index contributed by atoms with van der Waals surface area (Å²) in [5.41, 5.74) is 7.84. The molecule has 2 aliphatic heterocycles. The third-order valence-electron chi connectivity index (χ3n) is 5.98. The van der Waals surface area contributed by atoms with E-state index >= 15 is 0 Å². The number of fused-ring (bicyclic) bond motifs is 4. The number of rotatable bonds is 0. The summed E-state index contributed by atoms with van der Waals surface area (Å²) in [6, 6.07) is 5.96. The van der Waals surface area contributed by atoms with Crippen molar-refractivity contribution in [2.75, 3.05) is 17.2 Å². The maximum Gasteiger partial charge on any atom is 0.149 e. The topological polar surface area (TPSA) is 63.4 Å². The van der Waals surface area contributed by atoms with Crippen LogP contribution in [-0.4, -0.2) is 24.2 Å². The van der Waals surface area contributed by atoms with Gasteiger partial charge in [0.05, 0.1) is 0 Å². The van der Waals surface area contributed by atoms with Crippen molar-refractivity contribution in [2.24, 2.45) is 10.8 Å². The summed E-state index contributed by atoms with van der Waals surface area (Å²) in [6.45, 7) is 4.97. The molecular formula is C19H24N2O2. The lowest BCUT2D eigenvalue weighted by Gasteiger charge is -2.50. The molecule has 1 saturated heterocycles. The number of anilines is 2. The largest absolute Gasteiger partial charge is 0.399 e. The predicted molar refractivity (Wildman–Crippen MR) is 90.4 cm³/mol. The maximum absolute atomic E-state index is 13.2. The van der Waals surface area contributed by atoms with Gasteiger partial charge in [-0.15, -0.1) is 0 Å². The van der Waals surface area contributed by atoms with Gasteiger partial charge in [0.15, 0.2) is 0 Å². The lowest BCUT2D eigenvalue weighted by molar-refractivity contribution is -0.150. The van der Waals surface area contributed by atoms with Crippen molar-refractivity contribution in [3.05, 3.63) is 23.8 Å². The Hall–Kier alpha value is -1.84. The van der Waals surface area contributed by atoms with Crippen LogP contribution in [0, 0.1) is 10.8 Å². The van der Waals surface area contributed by atoms with Crippen molar-refractivity contribution in [1.82, 2.24) is 0 Å². The van der Waals surface area contributed by atoms with Gasteiger partial charge in [0.1, 0.15) is 17.0 Å². The van der Waals surface area contributed by atoms with Crippen molar-refractivity contribution in [1.29, 1.82) is 0 Å². The first-order valence-corrected chi connectivity index (χ1v) is 8.55. The SMILES string of the molecule is CC1(C)CC(=O)C2(Cc3cc(N)ccc3N3CCC[C@H]32)C(=O)C1. The molecule has 2 fully saturated rings. The van der Waals surface area contributed by atoms with E-state index in [2.05, 4.69) is 11.0 Å². The minimum absolute atomic E-state index is 0.0368. The van der Waals surface area contributed by atoms with Gasteiger partial charge in [-0.2, -0.15) is 0 Å². The number of hydrogen-bond acceptors (Lipinski definition) is 4. The van der Waals surface area contributed by atoms with Gasteiger partial charge in [-0.25, -0.2) is 0 Å². The first kappa shape index (κ1) is 14.7. The summed E-state index contributed by atoms with van der Waals surface area (Å²) in [5, 5.41) is 0. The number of nitrogen functional groups attached to an aromatic ring is 1. The Balaban J connectivity index is 1.86. The Morgan fingerprint density at radius 3 is 2.52 bits per heavy atom. The predicted octanol–water partition coefficient (Wildman–Crippen LogP) is 2.74. The molecule has 0 bridgehead atoms. The molecule has 4 rings (SSSR count). The van der Waals surface area contributed by atoms with Crippen molar-refractivity contribution in [2.45, 2.75) is 52.0 Å². The Morgan fingerprint density at radius 1 is 1.13 bits per heavy atom. The molecule has 2 heterocycles. The van der Waals surface area contributed by atoms with Crippen molar-refractivity contribution < 1.29 is 9.59 Å². The van der Waals surface area contributed by atoms with Gasteiger partial charge in [-0.3, -0.25) is 9.59 Å². The minimum atomic E-state index is -0.840. The van der Waals surface area contributed by atoms with Crippen LogP contribution >= 0.6 is 0 Å². The molecule has 122 valence electrons. The minimum Gasteiger partial charge on any atom is -0.399 e. The van der Waals surface area contributed by atoms with E-state index in [-0.39, 0.29) is 23.0 Å². The Morgan fingerprint density at radius 2 is 1.83 bits per heavy atom. The molecular weight excluding hydrogens is 288 g/mol. The molecule has 0 unspecified atom stereocenters. The van der Waals surface area contributed by atoms with Crippen LogP contribution in [0.4, 0.5) is 11.4 Å². The number of nitrogens with two attached hydrogens (primary N) is 1. The fourth-order valence-electron chi connectivity index (χ4n) is 4.98. The van der Waals surface area contributed by atoms with Crippen LogP contribution in [0.15, 0.2) is 18.2 Å². The van der Waals surface area contributed by atoms with Crippen LogP contribution in [-0.2, 0) is 16.0 Å². The van der Waals surface area contributed by atoms with Crippen LogP contribution in [0.5, 0.6) is 0 Å².